The van der Waals surface area contributed by atoms with Crippen molar-refractivity contribution in [1.82, 2.24) is 15.0 Å². The second-order valence-electron chi connectivity index (χ2n) is 3.63. The highest BCUT2D eigenvalue weighted by atomic mass is 16.1. The number of hydrogen-bond donors (Lipinski definition) is 2. The van der Waals surface area contributed by atoms with Crippen LogP contribution < -0.4 is 10.9 Å². The first-order chi connectivity index (χ1) is 7.16. The van der Waals surface area contributed by atoms with Gasteiger partial charge in [-0.15, -0.1) is 0 Å². The molecule has 0 aliphatic heterocycles. The van der Waals surface area contributed by atoms with Crippen molar-refractivity contribution >= 4 is 16.7 Å². The second-order valence-corrected chi connectivity index (χ2v) is 3.63. The van der Waals surface area contributed by atoms with Gasteiger partial charge < -0.3 is 10.3 Å². The Hall–Kier alpha value is -1.91. The third-order valence-electron chi connectivity index (χ3n) is 1.96. The summed E-state index contributed by atoms with van der Waals surface area (Å²) in [6.45, 7) is 3.95. The van der Waals surface area contributed by atoms with Crippen LogP contribution in [-0.4, -0.2) is 21.0 Å². The second kappa shape index (κ2) is 3.68. The molecule has 0 saturated heterocycles. The third kappa shape index (κ3) is 1.96. The summed E-state index contributed by atoms with van der Waals surface area (Å²) < 4.78 is 0. The largest absolute Gasteiger partial charge is 0.378 e. The number of aromatic nitrogens is 3. The molecule has 0 spiro atoms. The Bertz CT molecular complexity index is 532. The number of hydrogen-bond acceptors (Lipinski definition) is 4. The Morgan fingerprint density at radius 1 is 1.47 bits per heavy atom. The van der Waals surface area contributed by atoms with Crippen molar-refractivity contribution in [1.29, 1.82) is 0 Å². The van der Waals surface area contributed by atoms with Crippen molar-refractivity contribution in [3.63, 3.8) is 0 Å². The van der Waals surface area contributed by atoms with Crippen LogP contribution in [-0.2, 0) is 0 Å². The van der Waals surface area contributed by atoms with E-state index in [1.165, 1.54) is 6.33 Å². The van der Waals surface area contributed by atoms with Crippen molar-refractivity contribution in [2.75, 3.05) is 5.32 Å². The number of anilines is 1. The van der Waals surface area contributed by atoms with E-state index in [0.717, 1.165) is 5.52 Å². The van der Waals surface area contributed by atoms with E-state index in [4.69, 9.17) is 0 Å². The van der Waals surface area contributed by atoms with Gasteiger partial charge >= 0.3 is 0 Å². The zero-order valence-corrected chi connectivity index (χ0v) is 8.61. The van der Waals surface area contributed by atoms with E-state index in [9.17, 15) is 4.79 Å². The fourth-order valence-corrected chi connectivity index (χ4v) is 1.36. The van der Waals surface area contributed by atoms with Crippen LogP contribution in [0.2, 0.25) is 0 Å². The highest BCUT2D eigenvalue weighted by molar-refractivity contribution is 5.76. The van der Waals surface area contributed by atoms with E-state index < -0.39 is 0 Å². The molecule has 0 aromatic carbocycles. The number of aromatic amines is 1. The predicted molar refractivity (Wildman–Crippen MR) is 58.9 cm³/mol. The molecule has 78 valence electrons. The summed E-state index contributed by atoms with van der Waals surface area (Å²) in [6, 6.07) is 1.95. The van der Waals surface area contributed by atoms with Gasteiger partial charge in [0.15, 0.2) is 0 Å². The Balaban J connectivity index is 2.57. The molecule has 0 amide bonds. The molecule has 0 unspecified atom stereocenters. The smallest absolute Gasteiger partial charge is 0.271 e. The van der Waals surface area contributed by atoms with Crippen LogP contribution in [0.3, 0.4) is 0 Å². The lowest BCUT2D eigenvalue weighted by atomic mass is 10.3. The quantitative estimate of drug-likeness (QED) is 0.769. The topological polar surface area (TPSA) is 70.7 Å². The average molecular weight is 204 g/mol. The van der Waals surface area contributed by atoms with Crippen LogP contribution >= 0.6 is 0 Å². The molecule has 5 nitrogen and oxygen atoms in total. The summed E-state index contributed by atoms with van der Waals surface area (Å²) in [5.74, 6) is 0. The molecule has 0 aliphatic rings. The molecule has 0 atom stereocenters. The van der Waals surface area contributed by atoms with Crippen molar-refractivity contribution in [3.05, 3.63) is 28.9 Å². The van der Waals surface area contributed by atoms with Gasteiger partial charge in [-0.25, -0.2) is 9.97 Å². The lowest BCUT2D eigenvalue weighted by Crippen LogP contribution is -2.19. The van der Waals surface area contributed by atoms with Crippen LogP contribution in [0.1, 0.15) is 13.8 Å². The Morgan fingerprint density at radius 2 is 2.27 bits per heavy atom. The molecule has 2 heterocycles. The fourth-order valence-electron chi connectivity index (χ4n) is 1.36. The van der Waals surface area contributed by atoms with E-state index in [0.29, 0.717) is 11.2 Å². The number of pyridine rings is 1. The lowest BCUT2D eigenvalue weighted by molar-refractivity contribution is 0.895. The number of H-pyrrole nitrogens is 1. The molecule has 2 aromatic rings. The molecular formula is C10H12N4O. The fraction of sp³-hybridized carbons (Fsp3) is 0.300. The molecule has 15 heavy (non-hydrogen) atoms. The summed E-state index contributed by atoms with van der Waals surface area (Å²) >= 11 is 0. The molecule has 0 saturated carbocycles. The van der Waals surface area contributed by atoms with E-state index in [1.807, 2.05) is 13.8 Å². The minimum Gasteiger partial charge on any atom is -0.378 e. The van der Waals surface area contributed by atoms with Crippen molar-refractivity contribution in [2.45, 2.75) is 19.9 Å². The summed E-state index contributed by atoms with van der Waals surface area (Å²) in [6.07, 6.45) is 3.04. The molecule has 2 rings (SSSR count). The molecular weight excluding hydrogens is 192 g/mol. The van der Waals surface area contributed by atoms with Crippen molar-refractivity contribution < 1.29 is 0 Å². The zero-order valence-electron chi connectivity index (χ0n) is 8.61. The molecule has 2 aromatic heterocycles. The average Bonchev–Trinajstić information content (AvgIpc) is 2.18. The van der Waals surface area contributed by atoms with E-state index in [-0.39, 0.29) is 11.6 Å². The first-order valence-corrected chi connectivity index (χ1v) is 4.76. The molecule has 0 fully saturated rings. The van der Waals surface area contributed by atoms with Gasteiger partial charge in [-0.2, -0.15) is 0 Å². The number of nitrogens with one attached hydrogen (secondary N) is 2. The van der Waals surface area contributed by atoms with Crippen LogP contribution in [0.4, 0.5) is 5.69 Å². The summed E-state index contributed by atoms with van der Waals surface area (Å²) in [5, 5.41) is 3.06. The summed E-state index contributed by atoms with van der Waals surface area (Å²) in [7, 11) is 0. The number of nitrogens with zero attached hydrogens (tertiary/aromatic N) is 2. The van der Waals surface area contributed by atoms with E-state index >= 15 is 0 Å². The van der Waals surface area contributed by atoms with Gasteiger partial charge in [0, 0.05) is 6.04 Å². The highest BCUT2D eigenvalue weighted by Crippen LogP contribution is 2.09. The van der Waals surface area contributed by atoms with Gasteiger partial charge in [0.25, 0.3) is 5.56 Å². The van der Waals surface area contributed by atoms with Gasteiger partial charge in [-0.05, 0) is 19.9 Å². The van der Waals surface area contributed by atoms with Gasteiger partial charge in [0.1, 0.15) is 12.0 Å². The first kappa shape index (κ1) is 9.64. The standard InChI is InChI=1S/C10H12N4O/c1-6(2)13-8-3-7-9(14-10(8)15)4-11-5-12-7/h3-6,13H,1-2H3,(H,14,15). The van der Waals surface area contributed by atoms with Crippen molar-refractivity contribution in [2.24, 2.45) is 0 Å². The van der Waals surface area contributed by atoms with Crippen LogP contribution in [0.5, 0.6) is 0 Å². The van der Waals surface area contributed by atoms with Gasteiger partial charge in [0.05, 0.1) is 17.2 Å². The molecule has 0 bridgehead atoms. The van der Waals surface area contributed by atoms with Crippen LogP contribution in [0.15, 0.2) is 23.4 Å². The minimum absolute atomic E-state index is 0.147. The summed E-state index contributed by atoms with van der Waals surface area (Å²) in [5.41, 5.74) is 1.77. The van der Waals surface area contributed by atoms with E-state index in [2.05, 4.69) is 20.3 Å². The number of fused-ring (bicyclic) bond motifs is 1. The summed E-state index contributed by atoms with van der Waals surface area (Å²) in [4.78, 5) is 22.2. The molecule has 5 heteroatoms. The Morgan fingerprint density at radius 3 is 3.00 bits per heavy atom. The molecule has 0 radical (unpaired) electrons. The van der Waals surface area contributed by atoms with Crippen LogP contribution in [0.25, 0.3) is 11.0 Å². The van der Waals surface area contributed by atoms with Gasteiger partial charge in [-0.3, -0.25) is 4.79 Å². The molecule has 0 aliphatic carbocycles. The van der Waals surface area contributed by atoms with Gasteiger partial charge in [0.2, 0.25) is 0 Å². The SMILES string of the molecule is CC(C)Nc1cc2ncncc2[nH]c1=O. The Kier molecular flexibility index (Phi) is 2.37. The third-order valence-corrected chi connectivity index (χ3v) is 1.96. The molecule has 2 N–H and O–H groups in total. The zero-order chi connectivity index (χ0) is 10.8. The maximum absolute atomic E-state index is 11.6. The van der Waals surface area contributed by atoms with Gasteiger partial charge in [-0.1, -0.05) is 0 Å². The maximum Gasteiger partial charge on any atom is 0.271 e. The highest BCUT2D eigenvalue weighted by Gasteiger charge is 2.04. The lowest BCUT2D eigenvalue weighted by Gasteiger charge is -2.08. The van der Waals surface area contributed by atoms with Crippen molar-refractivity contribution in [3.8, 4) is 0 Å². The normalized spacial score (nSPS) is 10.9. The monoisotopic (exact) mass is 204 g/mol. The van der Waals surface area contributed by atoms with Crippen LogP contribution in [0, 0.1) is 0 Å². The number of rotatable bonds is 2. The maximum atomic E-state index is 11.6. The Labute approximate surface area is 86.6 Å². The predicted octanol–water partition coefficient (Wildman–Crippen LogP) is 1.14. The van der Waals surface area contributed by atoms with E-state index in [1.54, 1.807) is 12.3 Å². The first-order valence-electron chi connectivity index (χ1n) is 4.76. The minimum atomic E-state index is -0.147.